The van der Waals surface area contributed by atoms with E-state index in [0.717, 1.165) is 6.42 Å². The first-order chi connectivity index (χ1) is 10.0. The van der Waals surface area contributed by atoms with Gasteiger partial charge in [-0.3, -0.25) is 19.8 Å². The van der Waals surface area contributed by atoms with E-state index in [9.17, 15) is 14.9 Å². The fraction of sp³-hybridized carbons (Fsp3) is 0.500. The van der Waals surface area contributed by atoms with Crippen LogP contribution in [0.25, 0.3) is 0 Å². The van der Waals surface area contributed by atoms with E-state index in [1.807, 2.05) is 4.90 Å². The van der Waals surface area contributed by atoms with Crippen LogP contribution < -0.4 is 0 Å². The van der Waals surface area contributed by atoms with Crippen LogP contribution in [0.15, 0.2) is 18.2 Å². The number of ether oxygens (including phenoxy) is 1. The normalized spacial score (nSPS) is 18.7. The van der Waals surface area contributed by atoms with Gasteiger partial charge in [0, 0.05) is 12.6 Å². The van der Waals surface area contributed by atoms with Crippen molar-refractivity contribution >= 4 is 23.3 Å². The number of nitro benzene ring substituents is 1. The number of likely N-dealkylation sites (tertiary alicyclic amines) is 1. The molecule has 1 saturated heterocycles. The Bertz CT molecular complexity index is 550. The Morgan fingerprint density at radius 2 is 2.33 bits per heavy atom. The van der Waals surface area contributed by atoms with Crippen molar-refractivity contribution in [3.63, 3.8) is 0 Å². The van der Waals surface area contributed by atoms with Crippen molar-refractivity contribution in [3.05, 3.63) is 38.9 Å². The van der Waals surface area contributed by atoms with Crippen LogP contribution in [0.4, 0.5) is 5.69 Å². The number of nitrogens with zero attached hydrogens (tertiary/aromatic N) is 2. The van der Waals surface area contributed by atoms with E-state index >= 15 is 0 Å². The molecule has 7 heteroatoms. The van der Waals surface area contributed by atoms with Crippen LogP contribution >= 0.6 is 11.6 Å². The zero-order valence-electron chi connectivity index (χ0n) is 11.8. The number of rotatable bonds is 5. The second kappa shape index (κ2) is 6.87. The highest BCUT2D eigenvalue weighted by atomic mass is 35.5. The molecule has 1 aliphatic heterocycles. The zero-order valence-corrected chi connectivity index (χ0v) is 12.5. The fourth-order valence-electron chi connectivity index (χ4n) is 2.60. The number of esters is 1. The van der Waals surface area contributed by atoms with Gasteiger partial charge < -0.3 is 4.74 Å². The van der Waals surface area contributed by atoms with E-state index < -0.39 is 4.92 Å². The third kappa shape index (κ3) is 3.51. The van der Waals surface area contributed by atoms with E-state index in [2.05, 4.69) is 0 Å². The van der Waals surface area contributed by atoms with Gasteiger partial charge in [-0.05, 0) is 32.4 Å². The minimum Gasteiger partial charge on any atom is -0.465 e. The minimum absolute atomic E-state index is 0.0167. The van der Waals surface area contributed by atoms with Gasteiger partial charge in [0.2, 0.25) is 0 Å². The second-order valence-corrected chi connectivity index (χ2v) is 5.28. The molecule has 0 aliphatic carbocycles. The summed E-state index contributed by atoms with van der Waals surface area (Å²) >= 11 is 6.09. The Balaban J connectivity index is 2.21. The smallest absolute Gasteiger partial charge is 0.323 e. The molecule has 1 heterocycles. The van der Waals surface area contributed by atoms with Crippen LogP contribution in [0.3, 0.4) is 0 Å². The van der Waals surface area contributed by atoms with Crippen molar-refractivity contribution in [2.45, 2.75) is 32.4 Å². The summed E-state index contributed by atoms with van der Waals surface area (Å²) in [6.07, 6.45) is 1.57. The first kappa shape index (κ1) is 15.7. The Hall–Kier alpha value is -1.66. The van der Waals surface area contributed by atoms with Gasteiger partial charge in [-0.2, -0.15) is 0 Å². The highest BCUT2D eigenvalue weighted by molar-refractivity contribution is 6.31. The highest BCUT2D eigenvalue weighted by Gasteiger charge is 2.33. The topological polar surface area (TPSA) is 72.7 Å². The van der Waals surface area contributed by atoms with Gasteiger partial charge in [0.05, 0.1) is 22.1 Å². The lowest BCUT2D eigenvalue weighted by Crippen LogP contribution is -2.37. The summed E-state index contributed by atoms with van der Waals surface area (Å²) in [6.45, 7) is 3.07. The van der Waals surface area contributed by atoms with Gasteiger partial charge in [-0.15, -0.1) is 0 Å². The van der Waals surface area contributed by atoms with Crippen LogP contribution in [-0.4, -0.2) is 35.0 Å². The first-order valence-electron chi connectivity index (χ1n) is 6.87. The van der Waals surface area contributed by atoms with E-state index in [1.54, 1.807) is 19.1 Å². The minimum atomic E-state index is -0.448. The molecule has 0 amide bonds. The maximum absolute atomic E-state index is 11.9. The molecule has 1 fully saturated rings. The van der Waals surface area contributed by atoms with E-state index in [0.29, 0.717) is 30.2 Å². The van der Waals surface area contributed by atoms with Crippen molar-refractivity contribution < 1.29 is 14.5 Å². The van der Waals surface area contributed by atoms with Gasteiger partial charge in [-0.25, -0.2) is 0 Å². The molecule has 1 atom stereocenters. The Morgan fingerprint density at radius 3 is 3.00 bits per heavy atom. The summed E-state index contributed by atoms with van der Waals surface area (Å²) in [5.41, 5.74) is 0.428. The van der Waals surface area contributed by atoms with Crippen molar-refractivity contribution in [3.8, 4) is 0 Å². The molecule has 1 aliphatic rings. The van der Waals surface area contributed by atoms with E-state index in [1.165, 1.54) is 6.07 Å². The van der Waals surface area contributed by atoms with Gasteiger partial charge >= 0.3 is 5.97 Å². The monoisotopic (exact) mass is 312 g/mol. The number of hydrogen-bond donors (Lipinski definition) is 0. The predicted molar refractivity (Wildman–Crippen MR) is 78.2 cm³/mol. The highest BCUT2D eigenvalue weighted by Crippen LogP contribution is 2.30. The van der Waals surface area contributed by atoms with Gasteiger partial charge in [0.15, 0.2) is 0 Å². The third-order valence-corrected chi connectivity index (χ3v) is 3.93. The molecule has 0 radical (unpaired) electrons. The Labute approximate surface area is 127 Å². The summed E-state index contributed by atoms with van der Waals surface area (Å²) in [6, 6.07) is 4.26. The second-order valence-electron chi connectivity index (χ2n) is 4.88. The summed E-state index contributed by atoms with van der Waals surface area (Å²) in [5, 5.41) is 11.4. The van der Waals surface area contributed by atoms with Gasteiger partial charge in [0.1, 0.15) is 6.04 Å². The lowest BCUT2D eigenvalue weighted by molar-refractivity contribution is -0.385. The van der Waals surface area contributed by atoms with Gasteiger partial charge in [-0.1, -0.05) is 17.7 Å². The number of hydrogen-bond acceptors (Lipinski definition) is 5. The van der Waals surface area contributed by atoms with Crippen molar-refractivity contribution in [2.24, 2.45) is 0 Å². The van der Waals surface area contributed by atoms with Crippen LogP contribution in [-0.2, 0) is 16.1 Å². The summed E-state index contributed by atoms with van der Waals surface area (Å²) in [7, 11) is 0. The number of benzene rings is 1. The SMILES string of the molecule is CCOC(=O)C1CCCN1Cc1c(Cl)cccc1[N+](=O)[O-]. The predicted octanol–water partition coefficient (Wildman–Crippen LogP) is 2.78. The lowest BCUT2D eigenvalue weighted by atomic mass is 10.1. The average molecular weight is 313 g/mol. The molecule has 1 aromatic rings. The molecule has 0 bridgehead atoms. The fourth-order valence-corrected chi connectivity index (χ4v) is 2.83. The quantitative estimate of drug-likeness (QED) is 0.475. The first-order valence-corrected chi connectivity index (χ1v) is 7.24. The van der Waals surface area contributed by atoms with E-state index in [-0.39, 0.29) is 24.2 Å². The number of halogens is 1. The maximum atomic E-state index is 11.9. The van der Waals surface area contributed by atoms with Crippen LogP contribution in [0.1, 0.15) is 25.3 Å². The molecular formula is C14H17ClN2O4. The summed E-state index contributed by atoms with van der Waals surface area (Å²) < 4.78 is 5.05. The zero-order chi connectivity index (χ0) is 15.4. The van der Waals surface area contributed by atoms with Gasteiger partial charge in [0.25, 0.3) is 5.69 Å². The Kier molecular flexibility index (Phi) is 5.14. The van der Waals surface area contributed by atoms with Crippen LogP contribution in [0, 0.1) is 10.1 Å². The molecule has 0 spiro atoms. The molecular weight excluding hydrogens is 296 g/mol. The molecule has 1 unspecified atom stereocenters. The van der Waals surface area contributed by atoms with Crippen molar-refractivity contribution in [1.29, 1.82) is 0 Å². The number of carbonyl (C=O) groups excluding carboxylic acids is 1. The third-order valence-electron chi connectivity index (χ3n) is 3.57. The molecule has 0 aromatic heterocycles. The Morgan fingerprint density at radius 1 is 1.57 bits per heavy atom. The van der Waals surface area contributed by atoms with Crippen LogP contribution in [0.5, 0.6) is 0 Å². The average Bonchev–Trinajstić information content (AvgIpc) is 2.89. The maximum Gasteiger partial charge on any atom is 0.323 e. The number of nitro groups is 1. The van der Waals surface area contributed by atoms with Crippen LogP contribution in [0.2, 0.25) is 5.02 Å². The van der Waals surface area contributed by atoms with Crippen molar-refractivity contribution in [1.82, 2.24) is 4.90 Å². The lowest BCUT2D eigenvalue weighted by Gasteiger charge is -2.23. The largest absolute Gasteiger partial charge is 0.465 e. The summed E-state index contributed by atoms with van der Waals surface area (Å²) in [4.78, 5) is 24.5. The molecule has 0 saturated carbocycles. The number of carbonyl (C=O) groups is 1. The molecule has 21 heavy (non-hydrogen) atoms. The van der Waals surface area contributed by atoms with Crippen molar-refractivity contribution in [2.75, 3.05) is 13.2 Å². The molecule has 0 N–H and O–H groups in total. The summed E-state index contributed by atoms with van der Waals surface area (Å²) in [5.74, 6) is -0.273. The molecule has 1 aromatic carbocycles. The molecule has 6 nitrogen and oxygen atoms in total. The molecule has 114 valence electrons. The van der Waals surface area contributed by atoms with E-state index in [4.69, 9.17) is 16.3 Å². The standard InChI is InChI=1S/C14H17ClN2O4/c1-2-21-14(18)13-7-4-8-16(13)9-10-11(15)5-3-6-12(10)17(19)20/h3,5-6,13H,2,4,7-9H2,1H3. The molecule has 2 rings (SSSR count).